The van der Waals surface area contributed by atoms with Gasteiger partial charge in [0.1, 0.15) is 5.75 Å². The fraction of sp³-hybridized carbons (Fsp3) is 0.385. The van der Waals surface area contributed by atoms with E-state index >= 15 is 0 Å². The fourth-order valence-corrected chi connectivity index (χ4v) is 1.99. The number of benzene rings is 1. The Hall–Kier alpha value is -2.06. The van der Waals surface area contributed by atoms with E-state index in [4.69, 9.17) is 10.00 Å². The summed E-state index contributed by atoms with van der Waals surface area (Å²) in [5.74, 6) is 0.522. The molecule has 2 rings (SSSR count). The van der Waals surface area contributed by atoms with E-state index in [0.717, 1.165) is 5.56 Å². The molecule has 1 aromatic carbocycles. The highest BCUT2D eigenvalue weighted by Crippen LogP contribution is 2.32. The molecule has 0 bridgehead atoms. The minimum absolute atomic E-state index is 0.0131. The van der Waals surface area contributed by atoms with Crippen molar-refractivity contribution < 1.29 is 9.53 Å². The van der Waals surface area contributed by atoms with Crippen LogP contribution in [-0.4, -0.2) is 31.5 Å². The van der Waals surface area contributed by atoms with Gasteiger partial charge in [0.05, 0.1) is 18.2 Å². The Balaban J connectivity index is 2.32. The van der Waals surface area contributed by atoms with Gasteiger partial charge in [-0.3, -0.25) is 4.79 Å². The van der Waals surface area contributed by atoms with Gasteiger partial charge in [-0.1, -0.05) is 6.07 Å². The van der Waals surface area contributed by atoms with Crippen LogP contribution in [0.2, 0.25) is 0 Å². The minimum Gasteiger partial charge on any atom is -0.482 e. The van der Waals surface area contributed by atoms with Gasteiger partial charge in [-0.25, -0.2) is 0 Å². The van der Waals surface area contributed by atoms with Crippen molar-refractivity contribution >= 4 is 11.6 Å². The Morgan fingerprint density at radius 1 is 1.56 bits per heavy atom. The highest BCUT2D eigenvalue weighted by molar-refractivity contribution is 5.95. The van der Waals surface area contributed by atoms with Crippen LogP contribution >= 0.6 is 0 Å². The van der Waals surface area contributed by atoms with Gasteiger partial charge in [0.2, 0.25) is 0 Å². The number of anilines is 1. The Morgan fingerprint density at radius 2 is 2.33 bits per heavy atom. The van der Waals surface area contributed by atoms with Crippen LogP contribution < -0.4 is 10.1 Å². The molecule has 1 unspecified atom stereocenters. The maximum absolute atomic E-state index is 11.3. The zero-order valence-electron chi connectivity index (χ0n) is 10.4. The molecule has 0 saturated carbocycles. The Bertz CT molecular complexity index is 505. The lowest BCUT2D eigenvalue weighted by Crippen LogP contribution is -2.26. The SMILES string of the molecule is CN(C)C(CC#N)c1ccc2c(c1)NC(=O)CO2. The van der Waals surface area contributed by atoms with Crippen molar-refractivity contribution in [2.45, 2.75) is 12.5 Å². The molecule has 0 aromatic heterocycles. The number of ether oxygens (including phenoxy) is 1. The second kappa shape index (κ2) is 5.07. The summed E-state index contributed by atoms with van der Waals surface area (Å²) in [7, 11) is 3.85. The van der Waals surface area contributed by atoms with Crippen molar-refractivity contribution in [2.75, 3.05) is 26.0 Å². The number of amides is 1. The molecule has 1 aromatic rings. The van der Waals surface area contributed by atoms with Gasteiger partial charge >= 0.3 is 0 Å². The van der Waals surface area contributed by atoms with Crippen molar-refractivity contribution in [1.82, 2.24) is 4.90 Å². The maximum Gasteiger partial charge on any atom is 0.262 e. The van der Waals surface area contributed by atoms with Crippen LogP contribution in [0.1, 0.15) is 18.0 Å². The van der Waals surface area contributed by atoms with Crippen LogP contribution in [0.5, 0.6) is 5.75 Å². The fourth-order valence-electron chi connectivity index (χ4n) is 1.99. The predicted octanol–water partition coefficient (Wildman–Crippen LogP) is 1.53. The summed E-state index contributed by atoms with van der Waals surface area (Å²) in [6, 6.07) is 7.82. The van der Waals surface area contributed by atoms with E-state index in [2.05, 4.69) is 11.4 Å². The first-order valence-electron chi connectivity index (χ1n) is 5.72. The molecule has 0 fully saturated rings. The third kappa shape index (κ3) is 2.44. The highest BCUT2D eigenvalue weighted by Gasteiger charge is 2.19. The van der Waals surface area contributed by atoms with Crippen LogP contribution in [0.3, 0.4) is 0 Å². The van der Waals surface area contributed by atoms with Crippen molar-refractivity contribution in [2.24, 2.45) is 0 Å². The van der Waals surface area contributed by atoms with Crippen molar-refractivity contribution in [3.8, 4) is 11.8 Å². The molecule has 1 aliphatic rings. The molecule has 1 N–H and O–H groups in total. The first-order valence-corrected chi connectivity index (χ1v) is 5.72. The smallest absolute Gasteiger partial charge is 0.262 e. The number of nitrogens with zero attached hydrogens (tertiary/aromatic N) is 2. The first-order chi connectivity index (χ1) is 8.61. The molecule has 94 valence electrons. The second-order valence-electron chi connectivity index (χ2n) is 4.43. The molecular weight excluding hydrogens is 230 g/mol. The monoisotopic (exact) mass is 245 g/mol. The Kier molecular flexibility index (Phi) is 3.49. The number of nitrogens with one attached hydrogen (secondary N) is 1. The number of fused-ring (bicyclic) bond motifs is 1. The number of carbonyl (C=O) groups excluding carboxylic acids is 1. The standard InChI is InChI=1S/C13H15N3O2/c1-16(2)11(5-6-14)9-3-4-12-10(7-9)15-13(17)8-18-12/h3-4,7,11H,5,8H2,1-2H3,(H,15,17). The van der Waals surface area contributed by atoms with E-state index in [1.54, 1.807) is 0 Å². The number of hydrogen-bond donors (Lipinski definition) is 1. The second-order valence-corrected chi connectivity index (χ2v) is 4.43. The van der Waals surface area contributed by atoms with Gasteiger partial charge in [-0.2, -0.15) is 5.26 Å². The predicted molar refractivity (Wildman–Crippen MR) is 67.2 cm³/mol. The molecule has 5 heteroatoms. The summed E-state index contributed by atoms with van der Waals surface area (Å²) in [5, 5.41) is 11.6. The largest absolute Gasteiger partial charge is 0.482 e. The van der Waals surface area contributed by atoms with Crippen molar-refractivity contribution in [3.05, 3.63) is 23.8 Å². The molecule has 0 saturated heterocycles. The molecule has 0 aliphatic carbocycles. The van der Waals surface area contributed by atoms with Crippen molar-refractivity contribution in [1.29, 1.82) is 5.26 Å². The molecule has 1 amide bonds. The van der Waals surface area contributed by atoms with E-state index < -0.39 is 0 Å². The average Bonchev–Trinajstić information content (AvgIpc) is 2.34. The summed E-state index contributed by atoms with van der Waals surface area (Å²) in [4.78, 5) is 13.3. The molecule has 0 radical (unpaired) electrons. The Labute approximate surface area is 106 Å². The topological polar surface area (TPSA) is 65.4 Å². The Morgan fingerprint density at radius 3 is 3.00 bits per heavy atom. The highest BCUT2D eigenvalue weighted by atomic mass is 16.5. The molecular formula is C13H15N3O2. The molecule has 5 nitrogen and oxygen atoms in total. The van der Waals surface area contributed by atoms with E-state index in [0.29, 0.717) is 17.9 Å². The van der Waals surface area contributed by atoms with Gasteiger partial charge in [0.15, 0.2) is 6.61 Å². The van der Waals surface area contributed by atoms with Gasteiger partial charge in [-0.15, -0.1) is 0 Å². The van der Waals surface area contributed by atoms with E-state index in [1.807, 2.05) is 37.2 Å². The van der Waals surface area contributed by atoms with E-state index in [1.165, 1.54) is 0 Å². The molecule has 0 spiro atoms. The van der Waals surface area contributed by atoms with Crippen LogP contribution in [0, 0.1) is 11.3 Å². The summed E-state index contributed by atoms with van der Waals surface area (Å²) >= 11 is 0. The zero-order valence-corrected chi connectivity index (χ0v) is 10.4. The van der Waals surface area contributed by atoms with Crippen LogP contribution in [0.4, 0.5) is 5.69 Å². The van der Waals surface area contributed by atoms with Gasteiger partial charge in [0.25, 0.3) is 5.91 Å². The molecule has 1 aliphatic heterocycles. The minimum atomic E-state index is -0.152. The number of rotatable bonds is 3. The third-order valence-corrected chi connectivity index (χ3v) is 2.93. The lowest BCUT2D eigenvalue weighted by Gasteiger charge is -2.24. The summed E-state index contributed by atoms with van der Waals surface area (Å²) in [6.07, 6.45) is 0.403. The van der Waals surface area contributed by atoms with Gasteiger partial charge < -0.3 is 15.0 Å². The maximum atomic E-state index is 11.3. The molecule has 18 heavy (non-hydrogen) atoms. The lowest BCUT2D eigenvalue weighted by molar-refractivity contribution is -0.118. The van der Waals surface area contributed by atoms with E-state index in [9.17, 15) is 4.79 Å². The number of hydrogen-bond acceptors (Lipinski definition) is 4. The third-order valence-electron chi connectivity index (χ3n) is 2.93. The normalized spacial score (nSPS) is 15.3. The van der Waals surface area contributed by atoms with Gasteiger partial charge in [-0.05, 0) is 31.8 Å². The first kappa shape index (κ1) is 12.4. The summed E-state index contributed by atoms with van der Waals surface area (Å²) < 4.78 is 5.30. The lowest BCUT2D eigenvalue weighted by atomic mass is 10.0. The number of carbonyl (C=O) groups is 1. The van der Waals surface area contributed by atoms with Crippen LogP contribution in [0.15, 0.2) is 18.2 Å². The van der Waals surface area contributed by atoms with Crippen LogP contribution in [-0.2, 0) is 4.79 Å². The van der Waals surface area contributed by atoms with Gasteiger partial charge in [0, 0.05) is 6.04 Å². The van der Waals surface area contributed by atoms with E-state index in [-0.39, 0.29) is 18.6 Å². The summed E-state index contributed by atoms with van der Waals surface area (Å²) in [6.45, 7) is 0.0572. The van der Waals surface area contributed by atoms with Crippen molar-refractivity contribution in [3.63, 3.8) is 0 Å². The summed E-state index contributed by atoms with van der Waals surface area (Å²) in [5.41, 5.74) is 1.67. The molecule has 1 atom stereocenters. The average molecular weight is 245 g/mol. The quantitative estimate of drug-likeness (QED) is 0.877. The zero-order chi connectivity index (χ0) is 13.1. The molecule has 1 heterocycles. The number of nitriles is 1. The van der Waals surface area contributed by atoms with Crippen LogP contribution in [0.25, 0.3) is 0 Å².